The van der Waals surface area contributed by atoms with E-state index in [0.29, 0.717) is 17.3 Å². The van der Waals surface area contributed by atoms with Crippen LogP contribution >= 0.6 is 11.3 Å². The summed E-state index contributed by atoms with van der Waals surface area (Å²) in [5.74, 6) is -0.748. The SMILES string of the molecule is Cc1oc(-c2cccs2)nc1CN1C(=O)C(=O)N(C(C)c2ccccc2)C1=O. The molecular formula is C20H17N3O4S. The summed E-state index contributed by atoms with van der Waals surface area (Å²) in [6, 6.07) is 11.7. The van der Waals surface area contributed by atoms with Crippen LogP contribution in [0, 0.1) is 6.92 Å². The smallest absolute Gasteiger partial charge is 0.335 e. The highest BCUT2D eigenvalue weighted by Gasteiger charge is 2.47. The molecule has 0 N–H and O–H groups in total. The van der Waals surface area contributed by atoms with Crippen molar-refractivity contribution in [2.45, 2.75) is 26.4 Å². The van der Waals surface area contributed by atoms with Gasteiger partial charge in [-0.15, -0.1) is 11.3 Å². The van der Waals surface area contributed by atoms with Gasteiger partial charge in [-0.05, 0) is 30.9 Å². The molecule has 0 radical (unpaired) electrons. The van der Waals surface area contributed by atoms with E-state index in [0.717, 1.165) is 20.2 Å². The number of hydrogen-bond donors (Lipinski definition) is 0. The lowest BCUT2D eigenvalue weighted by Gasteiger charge is -2.22. The van der Waals surface area contributed by atoms with Crippen LogP contribution in [-0.2, 0) is 16.1 Å². The monoisotopic (exact) mass is 395 g/mol. The van der Waals surface area contributed by atoms with Crippen LogP contribution in [0.2, 0.25) is 0 Å². The number of carbonyl (C=O) groups excluding carboxylic acids is 3. The van der Waals surface area contributed by atoms with E-state index in [4.69, 9.17) is 4.42 Å². The molecule has 1 aliphatic heterocycles. The van der Waals surface area contributed by atoms with Gasteiger partial charge in [-0.2, -0.15) is 0 Å². The van der Waals surface area contributed by atoms with Crippen LogP contribution in [-0.4, -0.2) is 32.6 Å². The Morgan fingerprint density at radius 1 is 1.07 bits per heavy atom. The second-order valence-electron chi connectivity index (χ2n) is 6.43. The summed E-state index contributed by atoms with van der Waals surface area (Å²) in [5.41, 5.74) is 1.23. The fourth-order valence-electron chi connectivity index (χ4n) is 3.11. The largest absolute Gasteiger partial charge is 0.440 e. The zero-order valence-corrected chi connectivity index (χ0v) is 16.1. The van der Waals surface area contributed by atoms with Crippen LogP contribution in [0.15, 0.2) is 52.3 Å². The Morgan fingerprint density at radius 3 is 2.50 bits per heavy atom. The topological polar surface area (TPSA) is 83.7 Å². The Morgan fingerprint density at radius 2 is 1.82 bits per heavy atom. The Kier molecular flexibility index (Phi) is 4.56. The lowest BCUT2D eigenvalue weighted by Crippen LogP contribution is -2.35. The van der Waals surface area contributed by atoms with E-state index < -0.39 is 23.9 Å². The summed E-state index contributed by atoms with van der Waals surface area (Å²) in [5, 5.41) is 1.91. The van der Waals surface area contributed by atoms with Gasteiger partial charge in [0.25, 0.3) is 0 Å². The number of thiophene rings is 1. The molecule has 0 aliphatic carbocycles. The Bertz CT molecular complexity index is 1040. The van der Waals surface area contributed by atoms with Gasteiger partial charge in [0.05, 0.1) is 17.5 Å². The highest BCUT2D eigenvalue weighted by atomic mass is 32.1. The number of nitrogens with zero attached hydrogens (tertiary/aromatic N) is 3. The van der Waals surface area contributed by atoms with Crippen LogP contribution in [0.5, 0.6) is 0 Å². The Hall–Kier alpha value is -3.26. The summed E-state index contributed by atoms with van der Waals surface area (Å²) < 4.78 is 5.66. The molecule has 1 atom stereocenters. The molecule has 3 aromatic rings. The highest BCUT2D eigenvalue weighted by molar-refractivity contribution is 7.13. The van der Waals surface area contributed by atoms with Gasteiger partial charge in [-0.25, -0.2) is 19.6 Å². The lowest BCUT2D eigenvalue weighted by atomic mass is 10.1. The van der Waals surface area contributed by atoms with Gasteiger partial charge in [-0.1, -0.05) is 36.4 Å². The average Bonchev–Trinajstić information content (AvgIpc) is 3.40. The van der Waals surface area contributed by atoms with Crippen molar-refractivity contribution in [2.24, 2.45) is 0 Å². The van der Waals surface area contributed by atoms with Crippen LogP contribution < -0.4 is 0 Å². The lowest BCUT2D eigenvalue weighted by molar-refractivity contribution is -0.144. The van der Waals surface area contributed by atoms with Crippen LogP contribution in [0.3, 0.4) is 0 Å². The molecule has 0 bridgehead atoms. The van der Waals surface area contributed by atoms with E-state index in [2.05, 4.69) is 4.98 Å². The normalized spacial score (nSPS) is 15.6. The molecule has 8 heteroatoms. The maximum absolute atomic E-state index is 12.8. The summed E-state index contributed by atoms with van der Waals surface area (Å²) >= 11 is 1.48. The third-order valence-corrected chi connectivity index (χ3v) is 5.54. The third-order valence-electron chi connectivity index (χ3n) is 4.69. The number of imide groups is 2. The zero-order valence-electron chi connectivity index (χ0n) is 15.3. The number of carbonyl (C=O) groups is 3. The Labute approximate surface area is 165 Å². The number of benzene rings is 1. The molecule has 1 aromatic carbocycles. The van der Waals surface area contributed by atoms with Crippen LogP contribution in [0.4, 0.5) is 4.79 Å². The molecule has 2 aromatic heterocycles. The van der Waals surface area contributed by atoms with Crippen molar-refractivity contribution < 1.29 is 18.8 Å². The third kappa shape index (κ3) is 3.01. The molecule has 0 spiro atoms. The van der Waals surface area contributed by atoms with Gasteiger partial charge >= 0.3 is 17.8 Å². The number of aromatic nitrogens is 1. The molecule has 142 valence electrons. The van der Waals surface area contributed by atoms with Gasteiger partial charge in [0.2, 0.25) is 5.89 Å². The summed E-state index contributed by atoms with van der Waals surface area (Å²) in [6.07, 6.45) is 0. The van der Waals surface area contributed by atoms with E-state index in [1.165, 1.54) is 11.3 Å². The zero-order chi connectivity index (χ0) is 19.8. The van der Waals surface area contributed by atoms with Crippen LogP contribution in [0.25, 0.3) is 10.8 Å². The number of oxazole rings is 1. The van der Waals surface area contributed by atoms with Gasteiger partial charge in [0.1, 0.15) is 11.5 Å². The predicted molar refractivity (Wildman–Crippen MR) is 102 cm³/mol. The minimum absolute atomic E-state index is 0.109. The van der Waals surface area contributed by atoms with Crippen LogP contribution in [0.1, 0.15) is 30.0 Å². The van der Waals surface area contributed by atoms with E-state index >= 15 is 0 Å². The van der Waals surface area contributed by atoms with Crippen molar-refractivity contribution in [2.75, 3.05) is 0 Å². The standard InChI is InChI=1S/C20H17N3O4S/c1-12(14-7-4-3-5-8-14)23-19(25)18(24)22(20(23)26)11-15-13(2)27-17(21-15)16-9-6-10-28-16/h3-10,12H,11H2,1-2H3. The first-order chi connectivity index (χ1) is 13.5. The second-order valence-corrected chi connectivity index (χ2v) is 7.38. The molecule has 3 heterocycles. The first-order valence-corrected chi connectivity index (χ1v) is 9.59. The van der Waals surface area contributed by atoms with Gasteiger partial charge in [0, 0.05) is 0 Å². The number of amides is 4. The molecule has 7 nitrogen and oxygen atoms in total. The molecule has 28 heavy (non-hydrogen) atoms. The molecule has 4 amide bonds. The number of rotatable bonds is 5. The van der Waals surface area contributed by atoms with Crippen molar-refractivity contribution >= 4 is 29.2 Å². The van der Waals surface area contributed by atoms with Gasteiger partial charge < -0.3 is 4.42 Å². The predicted octanol–water partition coefficient (Wildman–Crippen LogP) is 3.76. The fraction of sp³-hybridized carbons (Fsp3) is 0.200. The molecular weight excluding hydrogens is 378 g/mol. The first-order valence-electron chi connectivity index (χ1n) is 8.71. The number of urea groups is 1. The first kappa shape index (κ1) is 18.1. The molecule has 4 rings (SSSR count). The van der Waals surface area contributed by atoms with Gasteiger partial charge in [-0.3, -0.25) is 9.59 Å². The molecule has 1 unspecified atom stereocenters. The van der Waals surface area contributed by atoms with E-state index in [1.807, 2.05) is 47.8 Å². The minimum Gasteiger partial charge on any atom is -0.440 e. The van der Waals surface area contributed by atoms with E-state index in [1.54, 1.807) is 13.8 Å². The second kappa shape index (κ2) is 7.05. The molecule has 1 aliphatic rings. The van der Waals surface area contributed by atoms with Crippen molar-refractivity contribution in [1.29, 1.82) is 0 Å². The summed E-state index contributed by atoms with van der Waals surface area (Å²) in [4.78, 5) is 45.0. The Balaban J connectivity index is 1.59. The highest BCUT2D eigenvalue weighted by Crippen LogP contribution is 2.29. The molecule has 1 saturated heterocycles. The maximum atomic E-state index is 12.8. The van der Waals surface area contributed by atoms with Crippen molar-refractivity contribution in [3.05, 3.63) is 64.9 Å². The molecule has 0 saturated carbocycles. The van der Waals surface area contributed by atoms with E-state index in [9.17, 15) is 14.4 Å². The van der Waals surface area contributed by atoms with Gasteiger partial charge in [0.15, 0.2) is 0 Å². The number of hydrogen-bond acceptors (Lipinski definition) is 6. The molecule has 1 fully saturated rings. The average molecular weight is 395 g/mol. The van der Waals surface area contributed by atoms with E-state index in [-0.39, 0.29) is 6.54 Å². The minimum atomic E-state index is -0.854. The van der Waals surface area contributed by atoms with Crippen molar-refractivity contribution in [3.8, 4) is 10.8 Å². The van der Waals surface area contributed by atoms with Crippen molar-refractivity contribution in [3.63, 3.8) is 0 Å². The number of aryl methyl sites for hydroxylation is 1. The quantitative estimate of drug-likeness (QED) is 0.485. The summed E-state index contributed by atoms with van der Waals surface area (Å²) in [7, 11) is 0. The van der Waals surface area contributed by atoms with Crippen molar-refractivity contribution in [1.82, 2.24) is 14.8 Å². The fourth-order valence-corrected chi connectivity index (χ4v) is 3.76. The maximum Gasteiger partial charge on any atom is 0.335 e. The summed E-state index contributed by atoms with van der Waals surface area (Å²) in [6.45, 7) is 3.33.